The highest BCUT2D eigenvalue weighted by molar-refractivity contribution is 8.00. The average molecular weight is 566 g/mol. The van der Waals surface area contributed by atoms with E-state index >= 15 is 0 Å². The lowest BCUT2D eigenvalue weighted by molar-refractivity contribution is -0.173. The summed E-state index contributed by atoms with van der Waals surface area (Å²) in [5.74, 6) is -2.13. The second-order valence-electron chi connectivity index (χ2n) is 9.63. The first kappa shape index (κ1) is 29.2. The number of nitrogen functional groups attached to an aromatic ring is 1. The number of carbonyl (C=O) groups excluding carboxylic acids is 4. The van der Waals surface area contributed by atoms with E-state index in [1.165, 1.54) is 16.7 Å². The van der Waals surface area contributed by atoms with Crippen LogP contribution in [0.5, 0.6) is 0 Å². The molecule has 2 aliphatic heterocycles. The molecular weight excluding hydrogens is 534 g/mol. The van der Waals surface area contributed by atoms with Crippen molar-refractivity contribution < 1.29 is 33.5 Å². The Hall–Kier alpha value is -3.39. The van der Waals surface area contributed by atoms with Gasteiger partial charge in [-0.1, -0.05) is 17.3 Å². The van der Waals surface area contributed by atoms with Crippen LogP contribution in [0.3, 0.4) is 0 Å². The van der Waals surface area contributed by atoms with Gasteiger partial charge in [0.25, 0.3) is 11.8 Å². The molecule has 0 aliphatic carbocycles. The average Bonchev–Trinajstić information content (AvgIpc) is 3.27. The molecule has 14 heteroatoms. The minimum Gasteiger partial charge on any atom is -0.427 e. The number of nitrogens with zero attached hydrogens (tertiary/aromatic N) is 3. The van der Waals surface area contributed by atoms with Gasteiger partial charge in [0.15, 0.2) is 10.8 Å². The van der Waals surface area contributed by atoms with E-state index in [9.17, 15) is 19.2 Å². The van der Waals surface area contributed by atoms with Gasteiger partial charge >= 0.3 is 11.9 Å². The Morgan fingerprint density at radius 3 is 2.61 bits per heavy atom. The van der Waals surface area contributed by atoms with E-state index in [1.807, 2.05) is 0 Å². The van der Waals surface area contributed by atoms with E-state index < -0.39 is 47.4 Å². The van der Waals surface area contributed by atoms with Gasteiger partial charge in [-0.05, 0) is 47.1 Å². The second-order valence-corrected chi connectivity index (χ2v) is 11.6. The summed E-state index contributed by atoms with van der Waals surface area (Å²) in [5.41, 5.74) is 5.65. The topological polar surface area (TPSA) is 163 Å². The summed E-state index contributed by atoms with van der Waals surface area (Å²) in [6.07, 6.45) is 3.15. The van der Waals surface area contributed by atoms with Crippen LogP contribution in [0.2, 0.25) is 0 Å². The maximum Gasteiger partial charge on any atom is 0.358 e. The van der Waals surface area contributed by atoms with Crippen molar-refractivity contribution in [2.45, 2.75) is 59.1 Å². The smallest absolute Gasteiger partial charge is 0.358 e. The highest BCUT2D eigenvalue weighted by Crippen LogP contribution is 2.41. The van der Waals surface area contributed by atoms with E-state index in [1.54, 1.807) is 59.1 Å². The van der Waals surface area contributed by atoms with Crippen LogP contribution in [-0.2, 0) is 33.5 Å². The van der Waals surface area contributed by atoms with Gasteiger partial charge in [-0.3, -0.25) is 19.3 Å². The Bertz CT molecular complexity index is 1200. The molecule has 1 fully saturated rings. The summed E-state index contributed by atoms with van der Waals surface area (Å²) < 4.78 is 10.2. The molecule has 2 aliphatic rings. The van der Waals surface area contributed by atoms with Crippen molar-refractivity contribution in [2.24, 2.45) is 10.6 Å². The molecule has 0 bridgehead atoms. The third-order valence-corrected chi connectivity index (χ3v) is 7.15. The summed E-state index contributed by atoms with van der Waals surface area (Å²) in [6, 6.07) is -0.929. The van der Waals surface area contributed by atoms with Crippen molar-refractivity contribution in [1.29, 1.82) is 0 Å². The Morgan fingerprint density at radius 1 is 1.32 bits per heavy atom. The van der Waals surface area contributed by atoms with Crippen LogP contribution in [0.25, 0.3) is 0 Å². The zero-order valence-corrected chi connectivity index (χ0v) is 23.6. The minimum absolute atomic E-state index is 0.0402. The van der Waals surface area contributed by atoms with Crippen molar-refractivity contribution in [3.8, 4) is 0 Å². The van der Waals surface area contributed by atoms with Crippen molar-refractivity contribution in [1.82, 2.24) is 15.2 Å². The van der Waals surface area contributed by atoms with Crippen LogP contribution in [0, 0.1) is 5.41 Å². The van der Waals surface area contributed by atoms with E-state index in [-0.39, 0.29) is 28.3 Å². The van der Waals surface area contributed by atoms with Crippen LogP contribution in [0.4, 0.5) is 5.13 Å². The van der Waals surface area contributed by atoms with Crippen molar-refractivity contribution in [3.05, 3.63) is 34.5 Å². The Labute approximate surface area is 228 Å². The summed E-state index contributed by atoms with van der Waals surface area (Å²) >= 11 is 2.52. The van der Waals surface area contributed by atoms with Crippen LogP contribution in [0.1, 0.15) is 47.2 Å². The lowest BCUT2D eigenvalue weighted by Crippen LogP contribution is -2.71. The highest BCUT2D eigenvalue weighted by atomic mass is 32.2. The first-order valence-corrected chi connectivity index (χ1v) is 13.7. The number of hydrogen-bond donors (Lipinski definition) is 2. The number of thioether (sulfide) groups is 1. The van der Waals surface area contributed by atoms with Gasteiger partial charge in [0, 0.05) is 11.1 Å². The molecule has 1 aromatic rings. The normalized spacial score (nSPS) is 19.8. The molecular formula is C24H31N5O7S2. The largest absolute Gasteiger partial charge is 0.427 e. The van der Waals surface area contributed by atoms with E-state index in [4.69, 9.17) is 20.0 Å². The third-order valence-electron chi connectivity index (χ3n) is 5.17. The SMILES string of the molecule is C/C=C\C1=C(C(=O)OCOC(=O)C(C)(C)C)N2C(=O)[C@@H](NC(=O)/C(=N\OC(C)C)c3csc(N)n3)[C@H]2SC1. The van der Waals surface area contributed by atoms with Gasteiger partial charge in [-0.15, -0.1) is 23.1 Å². The van der Waals surface area contributed by atoms with Crippen LogP contribution in [0.15, 0.2) is 34.0 Å². The maximum atomic E-state index is 13.2. The van der Waals surface area contributed by atoms with Gasteiger partial charge in [0.05, 0.1) is 5.41 Å². The number of anilines is 1. The molecule has 0 aromatic carbocycles. The quantitative estimate of drug-likeness (QED) is 0.149. The minimum atomic E-state index is -0.929. The molecule has 3 rings (SSSR count). The number of fused-ring (bicyclic) bond motifs is 1. The fourth-order valence-corrected chi connectivity index (χ4v) is 5.22. The molecule has 3 N–H and O–H groups in total. The van der Waals surface area contributed by atoms with Crippen LogP contribution in [-0.4, -0.2) is 69.4 Å². The maximum absolute atomic E-state index is 13.2. The first-order chi connectivity index (χ1) is 17.8. The summed E-state index contributed by atoms with van der Waals surface area (Å²) in [5, 5.41) is 7.85. The Morgan fingerprint density at radius 2 is 2.03 bits per heavy atom. The van der Waals surface area contributed by atoms with Gasteiger partial charge in [-0.25, -0.2) is 9.78 Å². The summed E-state index contributed by atoms with van der Waals surface area (Å²) in [6.45, 7) is 9.72. The first-order valence-electron chi connectivity index (χ1n) is 11.8. The Kier molecular flexibility index (Phi) is 9.20. The van der Waals surface area contributed by atoms with Gasteiger partial charge < -0.3 is 25.4 Å². The number of β-lactam (4-membered cyclic amide) rings is 1. The molecule has 206 valence electrons. The van der Waals surface area contributed by atoms with Crippen LogP contribution < -0.4 is 11.1 Å². The number of hydrogen-bond acceptors (Lipinski definition) is 12. The molecule has 0 radical (unpaired) electrons. The molecule has 38 heavy (non-hydrogen) atoms. The van der Waals surface area contributed by atoms with Gasteiger partial charge in [0.2, 0.25) is 6.79 Å². The molecule has 2 amide bonds. The fraction of sp³-hybridized carbons (Fsp3) is 0.500. The number of amides is 2. The fourth-order valence-electron chi connectivity index (χ4n) is 3.35. The van der Waals surface area contributed by atoms with Crippen molar-refractivity contribution in [3.63, 3.8) is 0 Å². The lowest BCUT2D eigenvalue weighted by atomic mass is 9.98. The molecule has 3 heterocycles. The predicted molar refractivity (Wildman–Crippen MR) is 143 cm³/mol. The monoisotopic (exact) mass is 565 g/mol. The number of allylic oxidation sites excluding steroid dienone is 2. The number of esters is 2. The van der Waals surface area contributed by atoms with E-state index in [0.29, 0.717) is 11.3 Å². The molecule has 1 aromatic heterocycles. The zero-order valence-electron chi connectivity index (χ0n) is 22.0. The molecule has 2 atom stereocenters. The Balaban J connectivity index is 1.76. The summed E-state index contributed by atoms with van der Waals surface area (Å²) in [7, 11) is 0. The van der Waals surface area contributed by atoms with Crippen molar-refractivity contribution in [2.75, 3.05) is 18.3 Å². The van der Waals surface area contributed by atoms with Gasteiger partial charge in [0.1, 0.15) is 28.9 Å². The molecule has 0 saturated carbocycles. The lowest BCUT2D eigenvalue weighted by Gasteiger charge is -2.49. The number of nitrogens with one attached hydrogen (secondary N) is 1. The number of aromatic nitrogens is 1. The van der Waals surface area contributed by atoms with E-state index in [2.05, 4.69) is 15.5 Å². The number of carbonyl (C=O) groups is 4. The molecule has 0 spiro atoms. The predicted octanol–water partition coefficient (Wildman–Crippen LogP) is 2.17. The van der Waals surface area contributed by atoms with Crippen molar-refractivity contribution >= 4 is 57.7 Å². The third kappa shape index (κ3) is 6.54. The second kappa shape index (κ2) is 12.0. The zero-order chi connectivity index (χ0) is 28.2. The number of thiazole rings is 1. The number of oxime groups is 1. The van der Waals surface area contributed by atoms with Gasteiger partial charge in [-0.2, -0.15) is 0 Å². The molecule has 1 saturated heterocycles. The number of rotatable bonds is 9. The summed E-state index contributed by atoms with van der Waals surface area (Å²) in [4.78, 5) is 61.9. The highest BCUT2D eigenvalue weighted by Gasteiger charge is 2.54. The molecule has 0 unspecified atom stereocenters. The van der Waals surface area contributed by atoms with Crippen LogP contribution >= 0.6 is 23.1 Å². The number of nitrogens with two attached hydrogens (primary N) is 1. The van der Waals surface area contributed by atoms with E-state index in [0.717, 1.165) is 11.3 Å². The molecule has 12 nitrogen and oxygen atoms in total. The standard InChI is InChI=1S/C24H31N5O7S2/c1-7-8-13-9-37-20-16(27-18(30)15(28-36-12(2)3)14-10-38-23(25)26-14)19(31)29(20)17(13)21(32)34-11-35-22(33)24(4,5)6/h7-8,10,12,16,20H,9,11H2,1-6H3,(H2,25,26)(H,27,30)/b8-7-,28-15-/t16-,20-/m1/s1. The number of ether oxygens (including phenoxy) is 2.